The van der Waals surface area contributed by atoms with E-state index in [1.807, 2.05) is 6.07 Å². The highest BCUT2D eigenvalue weighted by molar-refractivity contribution is 6.01. The Kier molecular flexibility index (Phi) is 6.06. The molecule has 23 heavy (non-hydrogen) atoms. The summed E-state index contributed by atoms with van der Waals surface area (Å²) in [5.74, 6) is -0.477. The van der Waals surface area contributed by atoms with Crippen molar-refractivity contribution in [3.63, 3.8) is 0 Å². The average molecular weight is 322 g/mol. The molecule has 2 rings (SSSR count). The maximum atomic E-state index is 12.1. The van der Waals surface area contributed by atoms with Crippen molar-refractivity contribution in [3.8, 4) is 11.8 Å². The van der Waals surface area contributed by atoms with Gasteiger partial charge in [-0.3, -0.25) is 4.79 Å². The number of rotatable bonds is 6. The molecule has 0 radical (unpaired) electrons. The first-order chi connectivity index (χ1) is 11.1. The number of amides is 1. The second-order valence-corrected chi connectivity index (χ2v) is 4.96. The summed E-state index contributed by atoms with van der Waals surface area (Å²) in [6, 6.07) is 7.50. The van der Waals surface area contributed by atoms with Gasteiger partial charge in [0.2, 0.25) is 0 Å². The van der Waals surface area contributed by atoms with Crippen molar-refractivity contribution in [1.82, 2.24) is 5.32 Å². The minimum Gasteiger partial charge on any atom is -0.435 e. The number of nitriles is 1. The summed E-state index contributed by atoms with van der Waals surface area (Å²) >= 11 is 0. The number of carbonyl (C=O) groups excluding carboxylic acids is 1. The first kappa shape index (κ1) is 16.9. The van der Waals surface area contributed by atoms with Gasteiger partial charge < -0.3 is 14.8 Å². The topological polar surface area (TPSA) is 71.3 Å². The van der Waals surface area contributed by atoms with Crippen molar-refractivity contribution in [1.29, 1.82) is 5.26 Å². The Morgan fingerprint density at radius 3 is 2.78 bits per heavy atom. The maximum absolute atomic E-state index is 12.1. The minimum absolute atomic E-state index is 0.00956. The van der Waals surface area contributed by atoms with Crippen LogP contribution in [0.25, 0.3) is 6.08 Å². The second kappa shape index (κ2) is 8.25. The van der Waals surface area contributed by atoms with Gasteiger partial charge in [0, 0.05) is 13.2 Å². The van der Waals surface area contributed by atoms with E-state index in [9.17, 15) is 13.6 Å². The van der Waals surface area contributed by atoms with Crippen molar-refractivity contribution >= 4 is 12.0 Å². The van der Waals surface area contributed by atoms with Gasteiger partial charge in [-0.25, -0.2) is 0 Å². The van der Waals surface area contributed by atoms with Crippen LogP contribution >= 0.6 is 0 Å². The molecule has 1 atom stereocenters. The summed E-state index contributed by atoms with van der Waals surface area (Å²) in [5, 5.41) is 11.7. The van der Waals surface area contributed by atoms with E-state index in [2.05, 4.69) is 10.1 Å². The van der Waals surface area contributed by atoms with Crippen molar-refractivity contribution < 1.29 is 23.0 Å². The van der Waals surface area contributed by atoms with E-state index < -0.39 is 12.5 Å². The highest BCUT2D eigenvalue weighted by atomic mass is 19.3. The predicted molar refractivity (Wildman–Crippen MR) is 78.6 cm³/mol. The van der Waals surface area contributed by atoms with E-state index in [0.717, 1.165) is 12.8 Å². The van der Waals surface area contributed by atoms with Crippen LogP contribution in [-0.2, 0) is 9.53 Å². The van der Waals surface area contributed by atoms with Gasteiger partial charge in [-0.15, -0.1) is 0 Å². The van der Waals surface area contributed by atoms with Crippen LogP contribution in [0.2, 0.25) is 0 Å². The number of benzene rings is 1. The number of nitrogens with one attached hydrogen (secondary N) is 1. The average Bonchev–Trinajstić information content (AvgIpc) is 3.04. The largest absolute Gasteiger partial charge is 0.435 e. The van der Waals surface area contributed by atoms with E-state index in [0.29, 0.717) is 18.7 Å². The Hall–Kier alpha value is -2.46. The van der Waals surface area contributed by atoms with Crippen LogP contribution < -0.4 is 10.1 Å². The van der Waals surface area contributed by atoms with Gasteiger partial charge in [0.15, 0.2) is 0 Å². The normalized spacial score (nSPS) is 17.8. The molecule has 1 aromatic rings. The number of ether oxygens (including phenoxy) is 2. The summed E-state index contributed by atoms with van der Waals surface area (Å²) < 4.78 is 33.7. The van der Waals surface area contributed by atoms with E-state index in [-0.39, 0.29) is 17.4 Å². The van der Waals surface area contributed by atoms with Crippen molar-refractivity contribution in [2.24, 2.45) is 0 Å². The molecular weight excluding hydrogens is 306 g/mol. The van der Waals surface area contributed by atoms with Gasteiger partial charge >= 0.3 is 6.61 Å². The molecule has 122 valence electrons. The van der Waals surface area contributed by atoms with Gasteiger partial charge in [-0.1, -0.05) is 12.1 Å². The van der Waals surface area contributed by atoms with Gasteiger partial charge in [-0.05, 0) is 36.6 Å². The fraction of sp³-hybridized carbons (Fsp3) is 0.375. The zero-order valence-electron chi connectivity index (χ0n) is 12.3. The molecule has 1 fully saturated rings. The molecule has 0 spiro atoms. The Morgan fingerprint density at radius 1 is 1.48 bits per heavy atom. The quantitative estimate of drug-likeness (QED) is 0.645. The molecule has 1 aliphatic rings. The molecule has 1 heterocycles. The Balaban J connectivity index is 1.96. The van der Waals surface area contributed by atoms with E-state index in [1.165, 1.54) is 30.3 Å². The Morgan fingerprint density at radius 2 is 2.22 bits per heavy atom. The Labute approximate surface area is 132 Å². The minimum atomic E-state index is -2.89. The molecule has 1 N–H and O–H groups in total. The molecule has 1 aromatic carbocycles. The highest BCUT2D eigenvalue weighted by Crippen LogP contribution is 2.17. The van der Waals surface area contributed by atoms with Gasteiger partial charge in [-0.2, -0.15) is 14.0 Å². The summed E-state index contributed by atoms with van der Waals surface area (Å²) in [5.41, 5.74) is 0.473. The zero-order chi connectivity index (χ0) is 16.7. The maximum Gasteiger partial charge on any atom is 0.387 e. The van der Waals surface area contributed by atoms with Crippen LogP contribution in [0.5, 0.6) is 5.75 Å². The second-order valence-electron chi connectivity index (χ2n) is 4.96. The summed E-state index contributed by atoms with van der Waals surface area (Å²) in [4.78, 5) is 12.0. The van der Waals surface area contributed by atoms with Gasteiger partial charge in [0.25, 0.3) is 5.91 Å². The van der Waals surface area contributed by atoms with Crippen LogP contribution in [0, 0.1) is 11.3 Å². The molecule has 0 saturated carbocycles. The molecule has 7 heteroatoms. The lowest BCUT2D eigenvalue weighted by Gasteiger charge is -2.10. The van der Waals surface area contributed by atoms with Crippen LogP contribution in [0.1, 0.15) is 18.4 Å². The smallest absolute Gasteiger partial charge is 0.387 e. The first-order valence-corrected chi connectivity index (χ1v) is 7.15. The lowest BCUT2D eigenvalue weighted by atomic mass is 10.1. The van der Waals surface area contributed by atoms with E-state index >= 15 is 0 Å². The lowest BCUT2D eigenvalue weighted by Crippen LogP contribution is -2.32. The number of hydrogen-bond acceptors (Lipinski definition) is 4. The lowest BCUT2D eigenvalue weighted by molar-refractivity contribution is -0.117. The summed E-state index contributed by atoms with van der Waals surface area (Å²) in [6.07, 6.45) is 3.23. The highest BCUT2D eigenvalue weighted by Gasteiger charge is 2.17. The van der Waals surface area contributed by atoms with Crippen LogP contribution in [0.15, 0.2) is 29.8 Å². The van der Waals surface area contributed by atoms with Crippen molar-refractivity contribution in [2.45, 2.75) is 25.6 Å². The molecule has 1 aliphatic heterocycles. The van der Waals surface area contributed by atoms with Crippen molar-refractivity contribution in [3.05, 3.63) is 35.4 Å². The number of hydrogen-bond donors (Lipinski definition) is 1. The number of carbonyl (C=O) groups is 1. The third-order valence-electron chi connectivity index (χ3n) is 3.30. The van der Waals surface area contributed by atoms with E-state index in [1.54, 1.807) is 0 Å². The number of nitrogens with zero attached hydrogens (tertiary/aromatic N) is 1. The Bertz CT molecular complexity index is 603. The molecule has 0 aliphatic carbocycles. The molecule has 1 unspecified atom stereocenters. The van der Waals surface area contributed by atoms with Crippen molar-refractivity contribution in [2.75, 3.05) is 13.2 Å². The number of alkyl halides is 2. The van der Waals surface area contributed by atoms with Crippen LogP contribution in [-0.4, -0.2) is 31.8 Å². The van der Waals surface area contributed by atoms with Gasteiger partial charge in [0.1, 0.15) is 17.4 Å². The SMILES string of the molecule is N#CC(=Cc1ccc(OC(F)F)cc1)C(=O)NCC1CCCO1. The van der Waals surface area contributed by atoms with E-state index in [4.69, 9.17) is 10.00 Å². The first-order valence-electron chi connectivity index (χ1n) is 7.15. The fourth-order valence-corrected chi connectivity index (χ4v) is 2.17. The molecular formula is C16H16F2N2O3. The standard InChI is InChI=1S/C16H16F2N2O3/c17-16(18)23-13-5-3-11(4-6-13)8-12(9-19)15(21)20-10-14-2-1-7-22-14/h3-6,8,14,16H,1-2,7,10H2,(H,20,21). The summed E-state index contributed by atoms with van der Waals surface area (Å²) in [7, 11) is 0. The monoisotopic (exact) mass is 322 g/mol. The molecule has 0 bridgehead atoms. The molecule has 1 saturated heterocycles. The molecule has 0 aromatic heterocycles. The third-order valence-corrected chi connectivity index (χ3v) is 3.30. The predicted octanol–water partition coefficient (Wildman–Crippen LogP) is 2.49. The van der Waals surface area contributed by atoms with Crippen LogP contribution in [0.3, 0.4) is 0 Å². The third kappa shape index (κ3) is 5.34. The van der Waals surface area contributed by atoms with Gasteiger partial charge in [0.05, 0.1) is 6.10 Å². The zero-order valence-corrected chi connectivity index (χ0v) is 12.3. The number of halogens is 2. The molecule has 1 amide bonds. The van der Waals surface area contributed by atoms with Crippen LogP contribution in [0.4, 0.5) is 8.78 Å². The summed E-state index contributed by atoms with van der Waals surface area (Å²) in [6.45, 7) is -1.84. The molecule has 5 nitrogen and oxygen atoms in total. The fourth-order valence-electron chi connectivity index (χ4n) is 2.17.